The number of carbonyl (C=O) groups excluding carboxylic acids is 1. The fourth-order valence-corrected chi connectivity index (χ4v) is 4.63. The number of hydrazine groups is 1. The van der Waals surface area contributed by atoms with Crippen molar-refractivity contribution >= 4 is 26.8 Å². The molecule has 1 aliphatic rings. The Morgan fingerprint density at radius 2 is 1.93 bits per heavy atom. The van der Waals surface area contributed by atoms with Crippen molar-refractivity contribution in [2.75, 3.05) is 0 Å². The number of carbonyl (C=O) groups is 1. The van der Waals surface area contributed by atoms with Gasteiger partial charge in [0, 0.05) is 18.5 Å². The minimum absolute atomic E-state index is 0.0987. The molecule has 8 nitrogen and oxygen atoms in total. The van der Waals surface area contributed by atoms with Gasteiger partial charge in [-0.2, -0.15) is 0 Å². The van der Waals surface area contributed by atoms with Gasteiger partial charge >= 0.3 is 0 Å². The summed E-state index contributed by atoms with van der Waals surface area (Å²) in [5.41, 5.74) is 4.10. The lowest BCUT2D eigenvalue weighted by Gasteiger charge is -2.11. The summed E-state index contributed by atoms with van der Waals surface area (Å²) in [6.45, 7) is 4.12. The second-order valence-electron chi connectivity index (χ2n) is 7.15. The van der Waals surface area contributed by atoms with Crippen LogP contribution in [0.1, 0.15) is 33.7 Å². The molecule has 0 unspecified atom stereocenters. The topological polar surface area (TPSA) is 110 Å². The van der Waals surface area contributed by atoms with Crippen molar-refractivity contribution < 1.29 is 13.2 Å². The molecule has 9 heteroatoms. The fourth-order valence-electron chi connectivity index (χ4n) is 3.46. The van der Waals surface area contributed by atoms with Gasteiger partial charge in [-0.05, 0) is 55.7 Å². The highest BCUT2D eigenvalue weighted by Crippen LogP contribution is 2.17. The molecular weight excluding hydrogens is 392 g/mol. The Labute approximate surface area is 167 Å². The second kappa shape index (κ2) is 7.09. The molecule has 29 heavy (non-hydrogen) atoms. The number of aromatic nitrogens is 2. The first-order chi connectivity index (χ1) is 13.8. The van der Waals surface area contributed by atoms with Gasteiger partial charge in [0.2, 0.25) is 0 Å². The van der Waals surface area contributed by atoms with Gasteiger partial charge in [-0.3, -0.25) is 19.6 Å². The molecule has 0 aliphatic carbocycles. The van der Waals surface area contributed by atoms with Crippen LogP contribution in [0, 0.1) is 13.8 Å². The van der Waals surface area contributed by atoms with Gasteiger partial charge in [0.15, 0.2) is 0 Å². The van der Waals surface area contributed by atoms with Crippen LogP contribution in [0.3, 0.4) is 0 Å². The molecule has 150 valence electrons. The number of benzene rings is 2. The third-order valence-corrected chi connectivity index (χ3v) is 6.40. The summed E-state index contributed by atoms with van der Waals surface area (Å²) in [5, 5.41) is 0.433. The SMILES string of the molecule is Cc1ccc(C)c(S(=O)(=O)NNC(=O)c2ccc3c(=O)n4c(nc3c2)CCC4)c1. The Kier molecular flexibility index (Phi) is 4.71. The molecule has 1 amide bonds. The van der Waals surface area contributed by atoms with E-state index in [9.17, 15) is 18.0 Å². The minimum atomic E-state index is -3.92. The molecule has 0 atom stereocenters. The molecular formula is C20H20N4O4S. The van der Waals surface area contributed by atoms with Gasteiger partial charge in [0.05, 0.1) is 15.8 Å². The molecule has 0 radical (unpaired) electrons. The van der Waals surface area contributed by atoms with E-state index in [1.807, 2.05) is 6.07 Å². The standard InChI is InChI=1S/C20H20N4O4S/c1-12-5-6-13(2)17(10-12)29(27,28)23-22-19(25)14-7-8-15-16(11-14)21-18-4-3-9-24(18)20(15)26/h5-8,10-11,23H,3-4,9H2,1-2H3,(H,22,25). The number of aryl methyl sites for hydroxylation is 3. The molecule has 2 N–H and O–H groups in total. The number of nitrogens with zero attached hydrogens (tertiary/aromatic N) is 2. The summed E-state index contributed by atoms with van der Waals surface area (Å²) >= 11 is 0. The van der Waals surface area contributed by atoms with Gasteiger partial charge < -0.3 is 0 Å². The highest BCUT2D eigenvalue weighted by molar-refractivity contribution is 7.89. The lowest BCUT2D eigenvalue weighted by atomic mass is 10.1. The zero-order valence-electron chi connectivity index (χ0n) is 16.0. The number of amides is 1. The Balaban J connectivity index is 1.59. The molecule has 1 aromatic heterocycles. The van der Waals surface area contributed by atoms with Crippen molar-refractivity contribution in [1.82, 2.24) is 19.8 Å². The van der Waals surface area contributed by atoms with Gasteiger partial charge in [-0.15, -0.1) is 4.83 Å². The first-order valence-electron chi connectivity index (χ1n) is 9.19. The number of hydrogen-bond donors (Lipinski definition) is 2. The van der Waals surface area contributed by atoms with E-state index >= 15 is 0 Å². The Morgan fingerprint density at radius 1 is 1.14 bits per heavy atom. The van der Waals surface area contributed by atoms with Crippen LogP contribution in [0.25, 0.3) is 10.9 Å². The fraction of sp³-hybridized carbons (Fsp3) is 0.250. The van der Waals surface area contributed by atoms with E-state index in [4.69, 9.17) is 0 Å². The Morgan fingerprint density at radius 3 is 2.72 bits per heavy atom. The monoisotopic (exact) mass is 412 g/mol. The lowest BCUT2D eigenvalue weighted by Crippen LogP contribution is -2.41. The third-order valence-electron chi connectivity index (χ3n) is 5.01. The summed E-state index contributed by atoms with van der Waals surface area (Å²) in [4.78, 5) is 31.7. The van der Waals surface area contributed by atoms with E-state index in [1.54, 1.807) is 30.5 Å². The molecule has 3 aromatic rings. The van der Waals surface area contributed by atoms with E-state index < -0.39 is 15.9 Å². The smallest absolute Gasteiger partial charge is 0.266 e. The van der Waals surface area contributed by atoms with Crippen LogP contribution < -0.4 is 15.8 Å². The lowest BCUT2D eigenvalue weighted by molar-refractivity contribution is 0.0945. The zero-order chi connectivity index (χ0) is 20.8. The van der Waals surface area contributed by atoms with Gasteiger partial charge in [0.1, 0.15) is 5.82 Å². The zero-order valence-corrected chi connectivity index (χ0v) is 16.8. The van der Waals surface area contributed by atoms with Crippen LogP contribution in [-0.4, -0.2) is 23.9 Å². The summed E-state index contributed by atoms with van der Waals surface area (Å²) < 4.78 is 26.7. The summed E-state index contributed by atoms with van der Waals surface area (Å²) in [6, 6.07) is 9.58. The first-order valence-corrected chi connectivity index (χ1v) is 10.7. The number of fused-ring (bicyclic) bond motifs is 2. The maximum absolute atomic E-state index is 12.5. The maximum atomic E-state index is 12.5. The maximum Gasteiger partial charge on any atom is 0.266 e. The Hall–Kier alpha value is -3.04. The average molecular weight is 412 g/mol. The van der Waals surface area contributed by atoms with Crippen LogP contribution in [0.4, 0.5) is 0 Å². The molecule has 0 saturated carbocycles. The highest BCUT2D eigenvalue weighted by atomic mass is 32.2. The van der Waals surface area contributed by atoms with Crippen molar-refractivity contribution in [3.8, 4) is 0 Å². The highest BCUT2D eigenvalue weighted by Gasteiger charge is 2.20. The molecule has 0 fully saturated rings. The third kappa shape index (κ3) is 3.54. The normalized spacial score (nSPS) is 13.4. The van der Waals surface area contributed by atoms with Crippen molar-refractivity contribution in [1.29, 1.82) is 0 Å². The predicted molar refractivity (Wildman–Crippen MR) is 108 cm³/mol. The largest absolute Gasteiger partial charge is 0.296 e. The van der Waals surface area contributed by atoms with E-state index in [1.165, 1.54) is 18.2 Å². The molecule has 0 bridgehead atoms. The van der Waals surface area contributed by atoms with Gasteiger partial charge in [0.25, 0.3) is 21.5 Å². The summed E-state index contributed by atoms with van der Waals surface area (Å²) in [5.74, 6) is 0.0684. The van der Waals surface area contributed by atoms with Crippen molar-refractivity contribution in [2.24, 2.45) is 0 Å². The molecule has 1 aliphatic heterocycles. The molecule has 2 heterocycles. The summed E-state index contributed by atoms with van der Waals surface area (Å²) in [6.07, 6.45) is 1.59. The van der Waals surface area contributed by atoms with Crippen molar-refractivity contribution in [3.63, 3.8) is 0 Å². The van der Waals surface area contributed by atoms with Crippen molar-refractivity contribution in [2.45, 2.75) is 38.1 Å². The van der Waals surface area contributed by atoms with E-state index in [0.717, 1.165) is 18.4 Å². The number of rotatable bonds is 4. The van der Waals surface area contributed by atoms with E-state index in [2.05, 4.69) is 15.2 Å². The van der Waals surface area contributed by atoms with Crippen LogP contribution in [0.5, 0.6) is 0 Å². The average Bonchev–Trinajstić information content (AvgIpc) is 3.16. The van der Waals surface area contributed by atoms with E-state index in [0.29, 0.717) is 28.8 Å². The molecule has 0 spiro atoms. The quantitative estimate of drug-likeness (QED) is 0.632. The first kappa shape index (κ1) is 19.3. The van der Waals surface area contributed by atoms with Gasteiger partial charge in [-0.25, -0.2) is 13.4 Å². The number of sulfonamides is 1. The van der Waals surface area contributed by atoms with Crippen molar-refractivity contribution in [3.05, 3.63) is 69.3 Å². The number of nitrogens with one attached hydrogen (secondary N) is 2. The van der Waals surface area contributed by atoms with Crippen LogP contribution >= 0.6 is 0 Å². The molecule has 2 aromatic carbocycles. The Bertz CT molecular complexity index is 1310. The molecule has 4 rings (SSSR count). The second-order valence-corrected chi connectivity index (χ2v) is 8.80. The minimum Gasteiger partial charge on any atom is -0.296 e. The van der Waals surface area contributed by atoms with Crippen LogP contribution in [-0.2, 0) is 23.0 Å². The van der Waals surface area contributed by atoms with Crippen LogP contribution in [0.15, 0.2) is 46.1 Å². The predicted octanol–water partition coefficient (Wildman–Crippen LogP) is 1.58. The number of hydrogen-bond acceptors (Lipinski definition) is 5. The van der Waals surface area contributed by atoms with E-state index in [-0.39, 0.29) is 16.0 Å². The molecule has 0 saturated heterocycles. The summed E-state index contributed by atoms with van der Waals surface area (Å²) in [7, 11) is -3.92. The van der Waals surface area contributed by atoms with Crippen LogP contribution in [0.2, 0.25) is 0 Å². The van der Waals surface area contributed by atoms with Gasteiger partial charge in [-0.1, -0.05) is 12.1 Å².